The van der Waals surface area contributed by atoms with Crippen molar-refractivity contribution in [2.24, 2.45) is 0 Å². The van der Waals surface area contributed by atoms with Gasteiger partial charge in [0.2, 0.25) is 0 Å². The quantitative estimate of drug-likeness (QED) is 0.807. The first kappa shape index (κ1) is 21.3. The van der Waals surface area contributed by atoms with Crippen LogP contribution in [0.4, 0.5) is 0 Å². The summed E-state index contributed by atoms with van der Waals surface area (Å²) in [6, 6.07) is 13.8. The molecule has 0 spiro atoms. The molecule has 0 amide bonds. The number of ether oxygens (including phenoxy) is 1. The van der Waals surface area contributed by atoms with Crippen LogP contribution in [-0.2, 0) is 18.0 Å². The molecule has 0 saturated carbocycles. The topological polar surface area (TPSA) is 69.9 Å². The highest BCUT2D eigenvalue weighted by atomic mass is 16.5. The fourth-order valence-electron chi connectivity index (χ4n) is 1.43. The van der Waals surface area contributed by atoms with Crippen molar-refractivity contribution in [1.82, 2.24) is 0 Å². The first-order valence-corrected chi connectivity index (χ1v) is 5.82. The summed E-state index contributed by atoms with van der Waals surface area (Å²) >= 11 is 0. The Balaban J connectivity index is 0. The van der Waals surface area contributed by atoms with E-state index in [1.807, 2.05) is 12.1 Å². The molecule has 21 heavy (non-hydrogen) atoms. The Labute approximate surface area is 127 Å². The summed E-state index contributed by atoms with van der Waals surface area (Å²) in [5, 5.41) is 26.7. The molecule has 0 unspecified atom stereocenters. The lowest BCUT2D eigenvalue weighted by molar-refractivity contribution is 0.182. The van der Waals surface area contributed by atoms with Gasteiger partial charge in [-0.2, -0.15) is 0 Å². The van der Waals surface area contributed by atoms with E-state index in [1.54, 1.807) is 43.5 Å². The first-order valence-electron chi connectivity index (χ1n) is 5.82. The fourth-order valence-corrected chi connectivity index (χ4v) is 1.43. The van der Waals surface area contributed by atoms with E-state index in [4.69, 9.17) is 20.1 Å². The van der Waals surface area contributed by atoms with Crippen molar-refractivity contribution in [3.63, 3.8) is 0 Å². The Morgan fingerprint density at radius 2 is 1.24 bits per heavy atom. The van der Waals surface area contributed by atoms with Crippen LogP contribution >= 0.6 is 0 Å². The molecule has 3 N–H and O–H groups in total. The molecule has 4 nitrogen and oxygen atoms in total. The number of methoxy groups -OCH3 is 1. The molecule has 118 valence electrons. The van der Waals surface area contributed by atoms with Gasteiger partial charge in [0.25, 0.3) is 0 Å². The van der Waals surface area contributed by atoms with Crippen molar-refractivity contribution in [2.45, 2.75) is 28.1 Å². The van der Waals surface area contributed by atoms with Crippen molar-refractivity contribution < 1.29 is 20.1 Å². The van der Waals surface area contributed by atoms with Crippen LogP contribution in [0.5, 0.6) is 11.5 Å². The lowest BCUT2D eigenvalue weighted by atomic mass is 10.2. The molecular formula is C17H26O4. The number of aliphatic hydroxyl groups is 1. The summed E-state index contributed by atoms with van der Waals surface area (Å²) in [6.45, 7) is 0.360. The first-order chi connectivity index (χ1) is 9.19. The van der Waals surface area contributed by atoms with Crippen molar-refractivity contribution in [1.29, 1.82) is 0 Å². The van der Waals surface area contributed by atoms with Gasteiger partial charge < -0.3 is 20.1 Å². The van der Waals surface area contributed by atoms with E-state index >= 15 is 0 Å². The van der Waals surface area contributed by atoms with Gasteiger partial charge in [0.05, 0.1) is 13.2 Å². The lowest BCUT2D eigenvalue weighted by Gasteiger charge is -2.00. The van der Waals surface area contributed by atoms with Gasteiger partial charge in [-0.3, -0.25) is 0 Å². The molecule has 0 radical (unpaired) electrons. The van der Waals surface area contributed by atoms with E-state index in [0.717, 1.165) is 5.56 Å². The summed E-state index contributed by atoms with van der Waals surface area (Å²) in [6.07, 6.45) is 0. The fraction of sp³-hybridized carbons (Fsp3) is 0.294. The Bertz CT molecular complexity index is 498. The summed E-state index contributed by atoms with van der Waals surface area (Å²) in [5.74, 6) is 0.448. The molecule has 2 rings (SSSR count). The number of para-hydroxylation sites is 2. The molecular weight excluding hydrogens is 268 g/mol. The predicted octanol–water partition coefficient (Wildman–Crippen LogP) is 3.70. The average molecular weight is 294 g/mol. The van der Waals surface area contributed by atoms with Crippen LogP contribution in [0, 0.1) is 0 Å². The highest BCUT2D eigenvalue weighted by Gasteiger charge is 1.95. The summed E-state index contributed by atoms with van der Waals surface area (Å²) in [7, 11) is 1.60. The molecule has 2 aromatic carbocycles. The minimum absolute atomic E-state index is 0. The number of hydrogen-bond donors (Lipinski definition) is 3. The van der Waals surface area contributed by atoms with Gasteiger partial charge in [0.1, 0.15) is 11.5 Å². The zero-order valence-corrected chi connectivity index (χ0v) is 10.8. The number of phenolic OH excluding ortho intramolecular Hbond substituents is 1. The second-order valence-electron chi connectivity index (χ2n) is 3.85. The molecule has 0 aromatic heterocycles. The molecule has 0 aliphatic carbocycles. The summed E-state index contributed by atoms with van der Waals surface area (Å²) < 4.78 is 4.85. The standard InChI is InChI=1S/C8H10O2.C7H8O2.2CH4/c1-10-6-7-4-2-3-5-8(7)9;8-5-6-3-1-2-4-7(6)9;;/h2-5,9H,6H2,1H3;1-4,8-9H,5H2;2*1H4. The third-order valence-electron chi connectivity index (χ3n) is 2.45. The number of rotatable bonds is 3. The number of hydrogen-bond acceptors (Lipinski definition) is 4. The zero-order chi connectivity index (χ0) is 14.1. The highest BCUT2D eigenvalue weighted by Crippen LogP contribution is 2.15. The molecule has 0 bridgehead atoms. The Hall–Kier alpha value is -2.04. The van der Waals surface area contributed by atoms with E-state index in [9.17, 15) is 0 Å². The second kappa shape index (κ2) is 11.8. The van der Waals surface area contributed by atoms with Crippen LogP contribution in [0.2, 0.25) is 0 Å². The smallest absolute Gasteiger partial charge is 0.121 e. The van der Waals surface area contributed by atoms with Gasteiger partial charge in [0, 0.05) is 18.2 Å². The van der Waals surface area contributed by atoms with Gasteiger partial charge >= 0.3 is 0 Å². The van der Waals surface area contributed by atoms with Gasteiger partial charge in [-0.15, -0.1) is 0 Å². The van der Waals surface area contributed by atoms with Crippen LogP contribution in [0.3, 0.4) is 0 Å². The Morgan fingerprint density at radius 3 is 1.57 bits per heavy atom. The van der Waals surface area contributed by atoms with E-state index in [-0.39, 0.29) is 27.2 Å². The van der Waals surface area contributed by atoms with E-state index in [2.05, 4.69) is 0 Å². The summed E-state index contributed by atoms with van der Waals surface area (Å²) in [4.78, 5) is 0. The minimum atomic E-state index is -0.104. The van der Waals surface area contributed by atoms with Crippen LogP contribution in [-0.4, -0.2) is 22.4 Å². The Kier molecular flexibility index (Phi) is 11.9. The largest absolute Gasteiger partial charge is 0.508 e. The average Bonchev–Trinajstić information content (AvgIpc) is 2.43. The maximum atomic E-state index is 9.16. The van der Waals surface area contributed by atoms with Gasteiger partial charge in [0.15, 0.2) is 0 Å². The molecule has 0 aliphatic rings. The maximum absolute atomic E-state index is 9.16. The summed E-state index contributed by atoms with van der Waals surface area (Å²) in [5.41, 5.74) is 1.39. The lowest BCUT2D eigenvalue weighted by Crippen LogP contribution is -1.86. The number of phenols is 2. The van der Waals surface area contributed by atoms with Crippen LogP contribution in [0.15, 0.2) is 48.5 Å². The molecule has 2 aromatic rings. The molecule has 0 aliphatic heterocycles. The van der Waals surface area contributed by atoms with Crippen molar-refractivity contribution in [2.75, 3.05) is 7.11 Å². The molecule has 0 heterocycles. The van der Waals surface area contributed by atoms with Gasteiger partial charge in [-0.05, 0) is 12.1 Å². The van der Waals surface area contributed by atoms with E-state index in [0.29, 0.717) is 17.9 Å². The number of aromatic hydroxyl groups is 2. The van der Waals surface area contributed by atoms with Crippen LogP contribution in [0.25, 0.3) is 0 Å². The van der Waals surface area contributed by atoms with Crippen LogP contribution in [0.1, 0.15) is 26.0 Å². The molecule has 0 saturated heterocycles. The van der Waals surface area contributed by atoms with Gasteiger partial charge in [-0.1, -0.05) is 51.3 Å². The van der Waals surface area contributed by atoms with Crippen LogP contribution < -0.4 is 0 Å². The second-order valence-corrected chi connectivity index (χ2v) is 3.85. The van der Waals surface area contributed by atoms with Crippen molar-refractivity contribution in [3.8, 4) is 11.5 Å². The molecule has 0 atom stereocenters. The van der Waals surface area contributed by atoms with E-state index in [1.165, 1.54) is 0 Å². The minimum Gasteiger partial charge on any atom is -0.508 e. The number of benzene rings is 2. The predicted molar refractivity (Wildman–Crippen MR) is 86.3 cm³/mol. The highest BCUT2D eigenvalue weighted by molar-refractivity contribution is 5.31. The number of aliphatic hydroxyl groups excluding tert-OH is 1. The normalized spacial score (nSPS) is 8.67. The monoisotopic (exact) mass is 294 g/mol. The Morgan fingerprint density at radius 1 is 0.810 bits per heavy atom. The van der Waals surface area contributed by atoms with Crippen molar-refractivity contribution in [3.05, 3.63) is 59.7 Å². The molecule has 4 heteroatoms. The third-order valence-corrected chi connectivity index (χ3v) is 2.45. The zero-order valence-electron chi connectivity index (χ0n) is 10.8. The third kappa shape index (κ3) is 7.34. The van der Waals surface area contributed by atoms with Gasteiger partial charge in [-0.25, -0.2) is 0 Å². The van der Waals surface area contributed by atoms with E-state index < -0.39 is 0 Å². The van der Waals surface area contributed by atoms with Crippen molar-refractivity contribution >= 4 is 0 Å². The SMILES string of the molecule is C.C.COCc1ccccc1O.OCc1ccccc1O. The maximum Gasteiger partial charge on any atom is 0.121 e. The molecule has 0 fully saturated rings.